The van der Waals surface area contributed by atoms with Gasteiger partial charge in [-0.05, 0) is 147 Å². The van der Waals surface area contributed by atoms with E-state index in [9.17, 15) is 0 Å². The maximum Gasteiger partial charge on any atom is 0.142 e. The van der Waals surface area contributed by atoms with Gasteiger partial charge >= 0.3 is 0 Å². The average Bonchev–Trinajstić information content (AvgIpc) is 3.95. The molecule has 0 fully saturated rings. The van der Waals surface area contributed by atoms with E-state index >= 15 is 0 Å². The largest absolute Gasteiger partial charge is 0.463 e. The van der Waals surface area contributed by atoms with Gasteiger partial charge in [-0.3, -0.25) is 0 Å². The van der Waals surface area contributed by atoms with Gasteiger partial charge in [0.1, 0.15) is 5.58 Å². The van der Waals surface area contributed by atoms with Crippen molar-refractivity contribution in [3.63, 3.8) is 0 Å². The molecule has 0 saturated carbocycles. The molecule has 0 saturated heterocycles. The second-order valence-corrected chi connectivity index (χ2v) is 16.7. The Morgan fingerprint density at radius 2 is 0.919 bits per heavy atom. The monoisotopic (exact) mass is 786 g/mol. The van der Waals surface area contributed by atoms with Crippen LogP contribution in [0.1, 0.15) is 11.1 Å². The van der Waals surface area contributed by atoms with Crippen LogP contribution in [-0.4, -0.2) is 0 Å². The topological polar surface area (TPSA) is 13.1 Å². The van der Waals surface area contributed by atoms with Crippen LogP contribution in [0.4, 0.5) is 0 Å². The van der Waals surface area contributed by atoms with Crippen molar-refractivity contribution in [3.05, 3.63) is 230 Å². The van der Waals surface area contributed by atoms with E-state index in [4.69, 9.17) is 4.42 Å². The third kappa shape index (κ3) is 5.28. The summed E-state index contributed by atoms with van der Waals surface area (Å²) in [4.78, 5) is 0. The zero-order valence-corrected chi connectivity index (χ0v) is 33.9. The van der Waals surface area contributed by atoms with Gasteiger partial charge in [0, 0.05) is 16.3 Å². The highest BCUT2D eigenvalue weighted by atomic mass is 16.3. The number of rotatable bonds is 5. The van der Waals surface area contributed by atoms with E-state index in [1.165, 1.54) is 104 Å². The highest BCUT2D eigenvalue weighted by Gasteiger charge is 2.30. The third-order valence-corrected chi connectivity index (χ3v) is 13.4. The molecule has 11 aromatic carbocycles. The minimum absolute atomic E-state index is 0.862. The summed E-state index contributed by atoms with van der Waals surface area (Å²) in [5.74, 6) is 0. The van der Waals surface area contributed by atoms with Gasteiger partial charge in [-0.1, -0.05) is 182 Å². The maximum absolute atomic E-state index is 6.65. The quantitative estimate of drug-likeness (QED) is 0.125. The van der Waals surface area contributed by atoms with Crippen molar-refractivity contribution in [3.8, 4) is 66.8 Å². The van der Waals surface area contributed by atoms with Crippen LogP contribution in [0.5, 0.6) is 0 Å². The number of fused-ring (bicyclic) bond motifs is 10. The molecule has 1 heteroatoms. The second kappa shape index (κ2) is 13.8. The van der Waals surface area contributed by atoms with Gasteiger partial charge in [0.15, 0.2) is 0 Å². The SMILES string of the molecule is c1ccc(-c2cc3c(c(-c4ccc5cc6ccccc6cc5c4-c4ccccc4-c4coc5c4ccc4c6ccccc6ccc45)c2-c2ccccc2)Cc2ccccc2-3)cc1. The molecule has 13 rings (SSSR count). The van der Waals surface area contributed by atoms with E-state index in [2.05, 4.69) is 212 Å². The Hall–Kier alpha value is -8.00. The molecule has 0 unspecified atom stereocenters. The summed E-state index contributed by atoms with van der Waals surface area (Å²) in [5, 5.41) is 10.8. The molecule has 0 radical (unpaired) electrons. The lowest BCUT2D eigenvalue weighted by atomic mass is 9.78. The number of furan rings is 1. The summed E-state index contributed by atoms with van der Waals surface area (Å²) in [5.41, 5.74) is 18.4. The summed E-state index contributed by atoms with van der Waals surface area (Å²) in [6, 6.07) is 78.3. The number of hydrogen-bond donors (Lipinski definition) is 0. The van der Waals surface area contributed by atoms with E-state index in [0.29, 0.717) is 0 Å². The van der Waals surface area contributed by atoms with Crippen LogP contribution in [-0.2, 0) is 6.42 Å². The lowest BCUT2D eigenvalue weighted by Crippen LogP contribution is -1.99. The fourth-order valence-corrected chi connectivity index (χ4v) is 10.6. The minimum Gasteiger partial charge on any atom is -0.463 e. The maximum atomic E-state index is 6.65. The molecular formula is C61H38O. The van der Waals surface area contributed by atoms with Crippen LogP contribution in [0.25, 0.3) is 121 Å². The van der Waals surface area contributed by atoms with Gasteiger partial charge in [0.05, 0.1) is 6.26 Å². The molecule has 0 N–H and O–H groups in total. The standard InChI is InChI=1S/C61H38O/c1-3-15-38(16-4-1)54-36-55-46-24-12-10-22-43(46)35-56(55)60(58(54)40-18-5-2-6-19-40)52-30-28-44-33-41-20-7-8-21-42(41)34-53(44)59(52)49-26-14-13-25-47(49)57-37-62-61-50-29-27-39-17-9-11-23-45(39)48(50)31-32-51(57)61/h1-34,36-37H,35H2. The number of hydrogen-bond acceptors (Lipinski definition) is 1. The van der Waals surface area contributed by atoms with Crippen LogP contribution < -0.4 is 0 Å². The van der Waals surface area contributed by atoms with E-state index in [0.717, 1.165) is 33.9 Å². The van der Waals surface area contributed by atoms with Crippen molar-refractivity contribution in [2.24, 2.45) is 0 Å². The van der Waals surface area contributed by atoms with Crippen molar-refractivity contribution in [2.45, 2.75) is 6.42 Å². The van der Waals surface area contributed by atoms with Gasteiger partial charge in [-0.25, -0.2) is 0 Å². The van der Waals surface area contributed by atoms with E-state index < -0.39 is 0 Å². The molecule has 1 aromatic heterocycles. The summed E-state index contributed by atoms with van der Waals surface area (Å²) in [7, 11) is 0. The van der Waals surface area contributed by atoms with Crippen LogP contribution in [0.15, 0.2) is 223 Å². The molecule has 0 spiro atoms. The fraction of sp³-hybridized carbons (Fsp3) is 0.0164. The van der Waals surface area contributed by atoms with Crippen molar-refractivity contribution < 1.29 is 4.42 Å². The Morgan fingerprint density at radius 1 is 0.290 bits per heavy atom. The summed E-state index contributed by atoms with van der Waals surface area (Å²) >= 11 is 0. The Morgan fingerprint density at radius 3 is 1.74 bits per heavy atom. The van der Waals surface area contributed by atoms with Gasteiger partial charge in [0.25, 0.3) is 0 Å². The Kier molecular flexibility index (Phi) is 7.74. The van der Waals surface area contributed by atoms with E-state index in [1.54, 1.807) is 0 Å². The molecule has 1 aliphatic carbocycles. The lowest BCUT2D eigenvalue weighted by Gasteiger charge is -2.24. The van der Waals surface area contributed by atoms with Crippen LogP contribution in [0.3, 0.4) is 0 Å². The first kappa shape index (κ1) is 34.8. The molecule has 0 aliphatic heterocycles. The van der Waals surface area contributed by atoms with Crippen LogP contribution in [0.2, 0.25) is 0 Å². The Balaban J connectivity index is 1.16. The molecule has 1 aliphatic rings. The van der Waals surface area contributed by atoms with Crippen molar-refractivity contribution in [1.29, 1.82) is 0 Å². The Labute approximate surface area is 359 Å². The van der Waals surface area contributed by atoms with Crippen molar-refractivity contribution in [2.75, 3.05) is 0 Å². The molecule has 1 nitrogen and oxygen atoms in total. The molecule has 0 atom stereocenters. The average molecular weight is 787 g/mol. The predicted molar refractivity (Wildman–Crippen MR) is 262 cm³/mol. The number of benzene rings is 11. The highest BCUT2D eigenvalue weighted by molar-refractivity contribution is 6.20. The summed E-state index contributed by atoms with van der Waals surface area (Å²) in [6.45, 7) is 0. The minimum atomic E-state index is 0.862. The molecule has 0 bridgehead atoms. The van der Waals surface area contributed by atoms with Gasteiger partial charge in [-0.15, -0.1) is 0 Å². The zero-order chi connectivity index (χ0) is 40.7. The fourth-order valence-electron chi connectivity index (χ4n) is 10.6. The summed E-state index contributed by atoms with van der Waals surface area (Å²) in [6.07, 6.45) is 2.85. The van der Waals surface area contributed by atoms with Gasteiger partial charge in [0.2, 0.25) is 0 Å². The predicted octanol–water partition coefficient (Wildman–Crippen LogP) is 17.0. The zero-order valence-electron chi connectivity index (χ0n) is 33.9. The molecule has 288 valence electrons. The first-order chi connectivity index (χ1) is 30.8. The lowest BCUT2D eigenvalue weighted by molar-refractivity contribution is 0.620. The van der Waals surface area contributed by atoms with Crippen LogP contribution >= 0.6 is 0 Å². The van der Waals surface area contributed by atoms with Gasteiger partial charge in [-0.2, -0.15) is 0 Å². The highest BCUT2D eigenvalue weighted by Crippen LogP contribution is 2.54. The molecule has 12 aromatic rings. The first-order valence-electron chi connectivity index (χ1n) is 21.5. The smallest absolute Gasteiger partial charge is 0.142 e. The molecular weight excluding hydrogens is 749 g/mol. The second-order valence-electron chi connectivity index (χ2n) is 16.7. The molecule has 0 amide bonds. The first-order valence-corrected chi connectivity index (χ1v) is 21.5. The normalized spacial score (nSPS) is 12.1. The van der Waals surface area contributed by atoms with Crippen molar-refractivity contribution >= 4 is 54.1 Å². The Bertz CT molecular complexity index is 3760. The van der Waals surface area contributed by atoms with Crippen molar-refractivity contribution in [1.82, 2.24) is 0 Å². The van der Waals surface area contributed by atoms with Crippen LogP contribution in [0, 0.1) is 0 Å². The van der Waals surface area contributed by atoms with Gasteiger partial charge < -0.3 is 4.42 Å². The summed E-state index contributed by atoms with van der Waals surface area (Å²) < 4.78 is 6.65. The van der Waals surface area contributed by atoms with E-state index in [-0.39, 0.29) is 0 Å². The third-order valence-electron chi connectivity index (χ3n) is 13.4. The molecule has 62 heavy (non-hydrogen) atoms. The molecule has 1 heterocycles. The van der Waals surface area contributed by atoms with E-state index in [1.807, 2.05) is 6.26 Å².